The molecule has 1 N–H and O–H groups in total. The Morgan fingerprint density at radius 3 is 2.50 bits per heavy atom. The molecule has 1 saturated heterocycles. The van der Waals surface area contributed by atoms with Gasteiger partial charge in [0.1, 0.15) is 0 Å². The Morgan fingerprint density at radius 2 is 2.00 bits per heavy atom. The molecule has 2 heteroatoms. The molecule has 0 bridgehead atoms. The van der Waals surface area contributed by atoms with Crippen molar-refractivity contribution in [3.8, 4) is 0 Å². The lowest BCUT2D eigenvalue weighted by atomic mass is 9.92. The van der Waals surface area contributed by atoms with E-state index >= 15 is 0 Å². The molecule has 2 nitrogen and oxygen atoms in total. The van der Waals surface area contributed by atoms with Crippen LogP contribution in [0.1, 0.15) is 40.0 Å². The second-order valence-corrected chi connectivity index (χ2v) is 4.67. The van der Waals surface area contributed by atoms with Gasteiger partial charge in [-0.1, -0.05) is 20.8 Å². The standard InChI is InChI=1S/C12H26N2/c1-5-11(6-2)14(4)12-7-8-13-9-10(12)3/h10-13H,5-9H2,1-4H3. The van der Waals surface area contributed by atoms with Gasteiger partial charge >= 0.3 is 0 Å². The van der Waals surface area contributed by atoms with Crippen LogP contribution in [0, 0.1) is 5.92 Å². The third-order valence-corrected chi connectivity index (χ3v) is 3.78. The van der Waals surface area contributed by atoms with Gasteiger partial charge in [-0.15, -0.1) is 0 Å². The quantitative estimate of drug-likeness (QED) is 0.744. The second-order valence-electron chi connectivity index (χ2n) is 4.67. The third kappa shape index (κ3) is 2.71. The van der Waals surface area contributed by atoms with Crippen LogP contribution in [0.4, 0.5) is 0 Å². The topological polar surface area (TPSA) is 15.3 Å². The molecule has 2 unspecified atom stereocenters. The average Bonchev–Trinajstić information content (AvgIpc) is 2.20. The molecule has 1 rings (SSSR count). The van der Waals surface area contributed by atoms with Crippen molar-refractivity contribution in [2.45, 2.75) is 52.1 Å². The molecule has 0 aliphatic carbocycles. The van der Waals surface area contributed by atoms with Crippen molar-refractivity contribution >= 4 is 0 Å². The summed E-state index contributed by atoms with van der Waals surface area (Å²) in [5, 5.41) is 3.47. The highest BCUT2D eigenvalue weighted by molar-refractivity contribution is 4.84. The first kappa shape index (κ1) is 12.0. The van der Waals surface area contributed by atoms with E-state index in [1.807, 2.05) is 0 Å². The molecule has 0 aromatic rings. The SMILES string of the molecule is CCC(CC)N(C)C1CCNCC1C. The monoisotopic (exact) mass is 198 g/mol. The lowest BCUT2D eigenvalue weighted by Gasteiger charge is -2.40. The molecule has 0 radical (unpaired) electrons. The van der Waals surface area contributed by atoms with Crippen LogP contribution >= 0.6 is 0 Å². The van der Waals surface area contributed by atoms with Gasteiger partial charge in [-0.3, -0.25) is 0 Å². The molecule has 84 valence electrons. The van der Waals surface area contributed by atoms with E-state index in [4.69, 9.17) is 0 Å². The van der Waals surface area contributed by atoms with Gasteiger partial charge in [0.05, 0.1) is 0 Å². The minimum absolute atomic E-state index is 0.778. The van der Waals surface area contributed by atoms with Crippen molar-refractivity contribution in [2.75, 3.05) is 20.1 Å². The highest BCUT2D eigenvalue weighted by Gasteiger charge is 2.27. The fraction of sp³-hybridized carbons (Fsp3) is 1.00. The number of hydrogen-bond acceptors (Lipinski definition) is 2. The van der Waals surface area contributed by atoms with Crippen LogP contribution in [0.3, 0.4) is 0 Å². The number of hydrogen-bond donors (Lipinski definition) is 1. The van der Waals surface area contributed by atoms with E-state index in [-0.39, 0.29) is 0 Å². The first-order chi connectivity index (χ1) is 6.70. The minimum atomic E-state index is 0.778. The fourth-order valence-corrected chi connectivity index (χ4v) is 2.74. The molecule has 14 heavy (non-hydrogen) atoms. The minimum Gasteiger partial charge on any atom is -0.316 e. The Hall–Kier alpha value is -0.0800. The van der Waals surface area contributed by atoms with Crippen LogP contribution in [0.2, 0.25) is 0 Å². The zero-order valence-electron chi connectivity index (χ0n) is 10.2. The summed E-state index contributed by atoms with van der Waals surface area (Å²) in [6.07, 6.45) is 3.88. The molecule has 0 spiro atoms. The first-order valence-electron chi connectivity index (χ1n) is 6.13. The van der Waals surface area contributed by atoms with Crippen LogP contribution in [-0.2, 0) is 0 Å². The van der Waals surface area contributed by atoms with Crippen LogP contribution in [-0.4, -0.2) is 37.1 Å². The largest absolute Gasteiger partial charge is 0.316 e. The van der Waals surface area contributed by atoms with E-state index in [0.29, 0.717) is 0 Å². The summed E-state index contributed by atoms with van der Waals surface area (Å²) in [5.41, 5.74) is 0. The summed E-state index contributed by atoms with van der Waals surface area (Å²) >= 11 is 0. The molecule has 1 fully saturated rings. The predicted molar refractivity (Wildman–Crippen MR) is 62.6 cm³/mol. The van der Waals surface area contributed by atoms with Gasteiger partial charge in [-0.25, -0.2) is 0 Å². The molecule has 1 aliphatic rings. The Morgan fingerprint density at radius 1 is 1.36 bits per heavy atom. The maximum Gasteiger partial charge on any atom is 0.0145 e. The van der Waals surface area contributed by atoms with Crippen molar-refractivity contribution in [1.29, 1.82) is 0 Å². The van der Waals surface area contributed by atoms with Crippen LogP contribution in [0.5, 0.6) is 0 Å². The van der Waals surface area contributed by atoms with Crippen LogP contribution < -0.4 is 5.32 Å². The summed E-state index contributed by atoms with van der Waals surface area (Å²) in [4.78, 5) is 2.62. The van der Waals surface area contributed by atoms with E-state index < -0.39 is 0 Å². The van der Waals surface area contributed by atoms with Gasteiger partial charge in [-0.2, -0.15) is 0 Å². The van der Waals surface area contributed by atoms with Crippen molar-refractivity contribution in [3.63, 3.8) is 0 Å². The highest BCUT2D eigenvalue weighted by Crippen LogP contribution is 2.20. The second kappa shape index (κ2) is 5.72. The molecular weight excluding hydrogens is 172 g/mol. The van der Waals surface area contributed by atoms with Crippen molar-refractivity contribution < 1.29 is 0 Å². The normalized spacial score (nSPS) is 28.7. The zero-order chi connectivity index (χ0) is 10.6. The van der Waals surface area contributed by atoms with Gasteiger partial charge in [-0.05, 0) is 45.3 Å². The van der Waals surface area contributed by atoms with Gasteiger partial charge in [0.25, 0.3) is 0 Å². The van der Waals surface area contributed by atoms with E-state index in [0.717, 1.165) is 18.0 Å². The molecule has 2 atom stereocenters. The average molecular weight is 198 g/mol. The van der Waals surface area contributed by atoms with Gasteiger partial charge in [0, 0.05) is 12.1 Å². The summed E-state index contributed by atoms with van der Waals surface area (Å²) in [6, 6.07) is 1.57. The molecule has 0 aromatic heterocycles. The Balaban J connectivity index is 2.52. The highest BCUT2D eigenvalue weighted by atomic mass is 15.2. The summed E-state index contributed by atoms with van der Waals surface area (Å²) < 4.78 is 0. The number of rotatable bonds is 4. The van der Waals surface area contributed by atoms with Gasteiger partial charge < -0.3 is 10.2 Å². The Kier molecular flexibility index (Phi) is 4.90. The predicted octanol–water partition coefficient (Wildman–Crippen LogP) is 2.10. The fourth-order valence-electron chi connectivity index (χ4n) is 2.74. The summed E-state index contributed by atoms with van der Waals surface area (Å²) in [5.74, 6) is 0.800. The van der Waals surface area contributed by atoms with E-state index in [1.54, 1.807) is 0 Å². The summed E-state index contributed by atoms with van der Waals surface area (Å²) in [7, 11) is 2.31. The molecule has 0 aromatic carbocycles. The number of nitrogens with one attached hydrogen (secondary N) is 1. The third-order valence-electron chi connectivity index (χ3n) is 3.78. The molecule has 0 saturated carbocycles. The maximum atomic E-state index is 3.47. The lowest BCUT2D eigenvalue weighted by Crippen LogP contribution is -2.50. The zero-order valence-corrected chi connectivity index (χ0v) is 10.2. The van der Waals surface area contributed by atoms with E-state index in [9.17, 15) is 0 Å². The van der Waals surface area contributed by atoms with Crippen LogP contribution in [0.15, 0.2) is 0 Å². The Labute approximate surface area is 89.1 Å². The van der Waals surface area contributed by atoms with Gasteiger partial charge in [0.2, 0.25) is 0 Å². The molecule has 0 amide bonds. The molecule has 1 aliphatic heterocycles. The van der Waals surface area contributed by atoms with Crippen molar-refractivity contribution in [1.82, 2.24) is 10.2 Å². The van der Waals surface area contributed by atoms with E-state index in [1.165, 1.54) is 32.4 Å². The maximum absolute atomic E-state index is 3.47. The number of piperidine rings is 1. The lowest BCUT2D eigenvalue weighted by molar-refractivity contribution is 0.0991. The molecule has 1 heterocycles. The number of nitrogens with zero attached hydrogens (tertiary/aromatic N) is 1. The van der Waals surface area contributed by atoms with E-state index in [2.05, 4.69) is 38.0 Å². The Bertz CT molecular complexity index is 154. The van der Waals surface area contributed by atoms with Gasteiger partial charge in [0.15, 0.2) is 0 Å². The van der Waals surface area contributed by atoms with Crippen molar-refractivity contribution in [2.24, 2.45) is 5.92 Å². The van der Waals surface area contributed by atoms with Crippen LogP contribution in [0.25, 0.3) is 0 Å². The van der Waals surface area contributed by atoms with Crippen molar-refractivity contribution in [3.05, 3.63) is 0 Å². The summed E-state index contributed by atoms with van der Waals surface area (Å²) in [6.45, 7) is 9.36. The smallest absolute Gasteiger partial charge is 0.0145 e. The first-order valence-corrected chi connectivity index (χ1v) is 6.13. The molecular formula is C12H26N2.